The predicted octanol–water partition coefficient (Wildman–Crippen LogP) is 3.49. The third-order valence-electron chi connectivity index (χ3n) is 2.84. The maximum Gasteiger partial charge on any atom is 0.173 e. The first-order valence-electron chi connectivity index (χ1n) is 5.79. The number of benzene rings is 1. The number of nitriles is 1. The summed E-state index contributed by atoms with van der Waals surface area (Å²) in [5.74, 6) is 0. The number of aryl methyl sites for hydroxylation is 2. The summed E-state index contributed by atoms with van der Waals surface area (Å²) in [7, 11) is 0. The first-order chi connectivity index (χ1) is 8.61. The van der Waals surface area contributed by atoms with Gasteiger partial charge in [0.2, 0.25) is 0 Å². The summed E-state index contributed by atoms with van der Waals surface area (Å²) in [6.07, 6.45) is 3.69. The van der Waals surface area contributed by atoms with Crippen LogP contribution in [0.4, 0.5) is 0 Å². The van der Waals surface area contributed by atoms with Gasteiger partial charge < -0.3 is 0 Å². The van der Waals surface area contributed by atoms with Gasteiger partial charge in [-0.2, -0.15) is 5.26 Å². The average Bonchev–Trinajstić information content (AvgIpc) is 2.80. The SMILES string of the molecule is Cc1ccc(-n2ccnc2SC(C)C#N)cc1C. The number of hydrogen-bond acceptors (Lipinski definition) is 3. The average molecular weight is 257 g/mol. The molecule has 1 heterocycles. The Hall–Kier alpha value is -1.73. The number of nitrogens with zero attached hydrogens (tertiary/aromatic N) is 3. The van der Waals surface area contributed by atoms with Gasteiger partial charge in [-0.25, -0.2) is 4.98 Å². The number of thioether (sulfide) groups is 1. The van der Waals surface area contributed by atoms with Crippen molar-refractivity contribution in [1.29, 1.82) is 5.26 Å². The van der Waals surface area contributed by atoms with Crippen molar-refractivity contribution in [3.63, 3.8) is 0 Å². The largest absolute Gasteiger partial charge is 0.295 e. The molecule has 3 nitrogen and oxygen atoms in total. The van der Waals surface area contributed by atoms with E-state index in [9.17, 15) is 0 Å². The Bertz CT molecular complexity index is 595. The highest BCUT2D eigenvalue weighted by molar-refractivity contribution is 8.00. The maximum atomic E-state index is 8.87. The number of aromatic nitrogens is 2. The van der Waals surface area contributed by atoms with Crippen LogP contribution in [0.2, 0.25) is 0 Å². The molecule has 0 saturated carbocycles. The van der Waals surface area contributed by atoms with E-state index in [0.29, 0.717) is 0 Å². The molecule has 2 aromatic rings. The second-order valence-electron chi connectivity index (χ2n) is 4.24. The Morgan fingerprint density at radius 1 is 1.33 bits per heavy atom. The molecule has 0 N–H and O–H groups in total. The van der Waals surface area contributed by atoms with E-state index >= 15 is 0 Å². The minimum atomic E-state index is -0.0994. The highest BCUT2D eigenvalue weighted by Gasteiger charge is 2.10. The zero-order valence-corrected chi connectivity index (χ0v) is 11.5. The summed E-state index contributed by atoms with van der Waals surface area (Å²) in [6, 6.07) is 8.53. The summed E-state index contributed by atoms with van der Waals surface area (Å²) >= 11 is 1.47. The van der Waals surface area contributed by atoms with Crippen molar-refractivity contribution in [1.82, 2.24) is 9.55 Å². The topological polar surface area (TPSA) is 41.6 Å². The Morgan fingerprint density at radius 3 is 2.78 bits per heavy atom. The second-order valence-corrected chi connectivity index (χ2v) is 5.55. The van der Waals surface area contributed by atoms with Crippen molar-refractivity contribution < 1.29 is 0 Å². The van der Waals surface area contributed by atoms with E-state index in [1.807, 2.05) is 17.7 Å². The van der Waals surface area contributed by atoms with Gasteiger partial charge in [0, 0.05) is 18.1 Å². The van der Waals surface area contributed by atoms with Crippen molar-refractivity contribution in [2.45, 2.75) is 31.2 Å². The van der Waals surface area contributed by atoms with Gasteiger partial charge in [0.25, 0.3) is 0 Å². The van der Waals surface area contributed by atoms with Crippen LogP contribution >= 0.6 is 11.8 Å². The summed E-state index contributed by atoms with van der Waals surface area (Å²) in [4.78, 5) is 4.31. The van der Waals surface area contributed by atoms with Gasteiger partial charge in [0.05, 0.1) is 11.3 Å². The van der Waals surface area contributed by atoms with E-state index in [4.69, 9.17) is 5.26 Å². The molecule has 0 aliphatic rings. The lowest BCUT2D eigenvalue weighted by Crippen LogP contribution is -1.99. The van der Waals surface area contributed by atoms with Crippen molar-refractivity contribution >= 4 is 11.8 Å². The summed E-state index contributed by atoms with van der Waals surface area (Å²) < 4.78 is 2.02. The molecule has 0 spiro atoms. The molecule has 2 rings (SSSR count). The van der Waals surface area contributed by atoms with Crippen molar-refractivity contribution in [2.24, 2.45) is 0 Å². The highest BCUT2D eigenvalue weighted by atomic mass is 32.2. The Kier molecular flexibility index (Phi) is 3.73. The van der Waals surface area contributed by atoms with Crippen molar-refractivity contribution in [3.05, 3.63) is 41.7 Å². The molecule has 92 valence electrons. The molecule has 4 heteroatoms. The molecular weight excluding hydrogens is 242 g/mol. The van der Waals surface area contributed by atoms with Gasteiger partial charge >= 0.3 is 0 Å². The third kappa shape index (κ3) is 2.57. The van der Waals surface area contributed by atoms with Crippen LogP contribution in [0, 0.1) is 25.2 Å². The fourth-order valence-corrected chi connectivity index (χ4v) is 2.40. The van der Waals surface area contributed by atoms with Crippen molar-refractivity contribution in [3.8, 4) is 11.8 Å². The first kappa shape index (κ1) is 12.7. The number of imidazole rings is 1. The van der Waals surface area contributed by atoms with Gasteiger partial charge in [-0.05, 0) is 44.0 Å². The van der Waals surface area contributed by atoms with Crippen LogP contribution in [0.25, 0.3) is 5.69 Å². The van der Waals surface area contributed by atoms with E-state index in [1.54, 1.807) is 6.20 Å². The number of rotatable bonds is 3. The maximum absolute atomic E-state index is 8.87. The molecule has 1 atom stereocenters. The molecule has 0 fully saturated rings. The lowest BCUT2D eigenvalue weighted by atomic mass is 10.1. The van der Waals surface area contributed by atoms with Gasteiger partial charge in [-0.3, -0.25) is 4.57 Å². The minimum absolute atomic E-state index is 0.0994. The van der Waals surface area contributed by atoms with E-state index in [1.165, 1.54) is 22.9 Å². The van der Waals surface area contributed by atoms with Gasteiger partial charge in [-0.1, -0.05) is 17.8 Å². The lowest BCUT2D eigenvalue weighted by molar-refractivity contribution is 0.890. The lowest BCUT2D eigenvalue weighted by Gasteiger charge is -2.10. The molecule has 0 aliphatic carbocycles. The Labute approximate surface area is 111 Å². The van der Waals surface area contributed by atoms with Crippen LogP contribution in [-0.2, 0) is 0 Å². The fourth-order valence-electron chi connectivity index (χ4n) is 1.63. The second kappa shape index (κ2) is 5.28. The predicted molar refractivity (Wildman–Crippen MR) is 74.0 cm³/mol. The fraction of sp³-hybridized carbons (Fsp3) is 0.286. The molecule has 0 aliphatic heterocycles. The Balaban J connectivity index is 2.36. The summed E-state index contributed by atoms with van der Waals surface area (Å²) in [6.45, 7) is 6.07. The molecule has 0 bridgehead atoms. The van der Waals surface area contributed by atoms with Crippen molar-refractivity contribution in [2.75, 3.05) is 0 Å². The molecular formula is C14H15N3S. The molecule has 0 saturated heterocycles. The van der Waals surface area contributed by atoms with Crippen LogP contribution in [0.1, 0.15) is 18.1 Å². The summed E-state index contributed by atoms with van der Waals surface area (Å²) in [5, 5.41) is 9.62. The molecule has 1 aromatic heterocycles. The molecule has 1 aromatic carbocycles. The van der Waals surface area contributed by atoms with Crippen LogP contribution in [0.3, 0.4) is 0 Å². The quantitative estimate of drug-likeness (QED) is 0.790. The van der Waals surface area contributed by atoms with Gasteiger partial charge in [-0.15, -0.1) is 0 Å². The van der Waals surface area contributed by atoms with Crippen LogP contribution in [-0.4, -0.2) is 14.8 Å². The normalized spacial score (nSPS) is 12.1. The zero-order chi connectivity index (χ0) is 13.1. The monoisotopic (exact) mass is 257 g/mol. The van der Waals surface area contributed by atoms with Gasteiger partial charge in [0.15, 0.2) is 5.16 Å². The first-order valence-corrected chi connectivity index (χ1v) is 6.67. The Morgan fingerprint density at radius 2 is 2.11 bits per heavy atom. The van der Waals surface area contributed by atoms with E-state index in [0.717, 1.165) is 10.8 Å². The molecule has 0 radical (unpaired) electrons. The van der Waals surface area contributed by atoms with Crippen LogP contribution in [0.5, 0.6) is 0 Å². The molecule has 1 unspecified atom stereocenters. The van der Waals surface area contributed by atoms with E-state index in [2.05, 4.69) is 43.1 Å². The molecule has 0 amide bonds. The van der Waals surface area contributed by atoms with E-state index in [-0.39, 0.29) is 5.25 Å². The van der Waals surface area contributed by atoms with Crippen LogP contribution < -0.4 is 0 Å². The standard InChI is InChI=1S/C14H15N3S/c1-10-4-5-13(8-11(10)2)17-7-6-16-14(17)18-12(3)9-15/h4-8,12H,1-3H3. The number of hydrogen-bond donors (Lipinski definition) is 0. The minimum Gasteiger partial charge on any atom is -0.295 e. The molecule has 18 heavy (non-hydrogen) atoms. The summed E-state index contributed by atoms with van der Waals surface area (Å²) in [5.41, 5.74) is 3.62. The third-order valence-corrected chi connectivity index (χ3v) is 3.81. The smallest absolute Gasteiger partial charge is 0.173 e. The van der Waals surface area contributed by atoms with E-state index < -0.39 is 0 Å². The zero-order valence-electron chi connectivity index (χ0n) is 10.7. The van der Waals surface area contributed by atoms with Crippen LogP contribution in [0.15, 0.2) is 35.7 Å². The highest BCUT2D eigenvalue weighted by Crippen LogP contribution is 2.24. The van der Waals surface area contributed by atoms with Gasteiger partial charge in [0.1, 0.15) is 0 Å².